The largest absolute Gasteiger partial charge is 0.492 e. The van der Waals surface area contributed by atoms with Crippen LogP contribution in [0.4, 0.5) is 0 Å². The van der Waals surface area contributed by atoms with Crippen LogP contribution < -0.4 is 10.1 Å². The highest BCUT2D eigenvalue weighted by atomic mass is 35.5. The minimum absolute atomic E-state index is 0.0142. The molecule has 0 fully saturated rings. The second kappa shape index (κ2) is 6.21. The monoisotopic (exact) mass is 396 g/mol. The van der Waals surface area contributed by atoms with E-state index >= 15 is 0 Å². The Kier molecular flexibility index (Phi) is 4.16. The van der Waals surface area contributed by atoms with Gasteiger partial charge in [0.25, 0.3) is 10.0 Å². The van der Waals surface area contributed by atoms with Crippen molar-refractivity contribution in [1.29, 1.82) is 0 Å². The normalized spacial score (nSPS) is 14.8. The van der Waals surface area contributed by atoms with Gasteiger partial charge in [0.05, 0.1) is 10.5 Å². The molecule has 0 unspecified atom stereocenters. The summed E-state index contributed by atoms with van der Waals surface area (Å²) in [6.07, 6.45) is 1.54. The van der Waals surface area contributed by atoms with Crippen molar-refractivity contribution in [3.05, 3.63) is 58.2 Å². The van der Waals surface area contributed by atoms with Gasteiger partial charge in [0.15, 0.2) is 0 Å². The molecule has 4 rings (SSSR count). The molecule has 5 nitrogen and oxygen atoms in total. The summed E-state index contributed by atoms with van der Waals surface area (Å²) in [7, 11) is -3.84. The molecule has 0 atom stereocenters. The number of nitrogens with zero attached hydrogens (tertiary/aromatic N) is 1. The van der Waals surface area contributed by atoms with E-state index in [1.165, 1.54) is 28.4 Å². The lowest BCUT2D eigenvalue weighted by molar-refractivity contribution is 0.326. The molecule has 2 aromatic carbocycles. The average molecular weight is 397 g/mol. The van der Waals surface area contributed by atoms with Crippen molar-refractivity contribution in [2.24, 2.45) is 0 Å². The minimum atomic E-state index is -3.84. The van der Waals surface area contributed by atoms with E-state index in [4.69, 9.17) is 27.9 Å². The van der Waals surface area contributed by atoms with Crippen LogP contribution in [0.15, 0.2) is 47.5 Å². The summed E-state index contributed by atoms with van der Waals surface area (Å²) in [4.78, 5) is 0.0142. The highest BCUT2D eigenvalue weighted by molar-refractivity contribution is 7.90. The molecule has 0 radical (unpaired) electrons. The van der Waals surface area contributed by atoms with E-state index in [0.29, 0.717) is 23.7 Å². The van der Waals surface area contributed by atoms with Gasteiger partial charge in [-0.25, -0.2) is 12.4 Å². The molecule has 130 valence electrons. The SMILES string of the molecule is O=S(=O)(c1ccc(Cl)cc1Cl)n1ccc2c3c(ccc21)OCCNC3. The van der Waals surface area contributed by atoms with E-state index in [2.05, 4.69) is 5.32 Å². The third-order valence-corrected chi connectivity index (χ3v) is 6.58. The smallest absolute Gasteiger partial charge is 0.269 e. The summed E-state index contributed by atoms with van der Waals surface area (Å²) in [6.45, 7) is 1.95. The standard InChI is InChI=1S/C17H14Cl2N2O3S/c18-11-1-4-17(14(19)9-11)25(22,23)21-7-5-12-13-10-20-6-8-24-16(13)3-2-15(12)21/h1-5,7,9,20H,6,8,10H2. The predicted molar refractivity (Wildman–Crippen MR) is 98.2 cm³/mol. The van der Waals surface area contributed by atoms with Crippen LogP contribution in [-0.4, -0.2) is 25.5 Å². The lowest BCUT2D eigenvalue weighted by atomic mass is 10.1. The zero-order valence-electron chi connectivity index (χ0n) is 13.0. The van der Waals surface area contributed by atoms with Gasteiger partial charge in [0.1, 0.15) is 17.3 Å². The maximum atomic E-state index is 13.1. The van der Waals surface area contributed by atoms with Gasteiger partial charge in [-0.2, -0.15) is 0 Å². The highest BCUT2D eigenvalue weighted by Gasteiger charge is 2.24. The van der Waals surface area contributed by atoms with Crippen LogP contribution in [0.2, 0.25) is 10.0 Å². The van der Waals surface area contributed by atoms with Crippen LogP contribution in [0.25, 0.3) is 10.9 Å². The van der Waals surface area contributed by atoms with Crippen molar-refractivity contribution in [1.82, 2.24) is 9.29 Å². The molecule has 0 saturated heterocycles. The average Bonchev–Trinajstić information content (AvgIpc) is 2.86. The van der Waals surface area contributed by atoms with E-state index in [1.54, 1.807) is 18.2 Å². The van der Waals surface area contributed by atoms with Gasteiger partial charge < -0.3 is 10.1 Å². The third kappa shape index (κ3) is 2.79. The van der Waals surface area contributed by atoms with E-state index in [9.17, 15) is 8.42 Å². The zero-order chi connectivity index (χ0) is 17.6. The van der Waals surface area contributed by atoms with Gasteiger partial charge >= 0.3 is 0 Å². The lowest BCUT2D eigenvalue weighted by Gasteiger charge is -2.11. The molecular weight excluding hydrogens is 383 g/mol. The van der Waals surface area contributed by atoms with E-state index in [0.717, 1.165) is 23.2 Å². The van der Waals surface area contributed by atoms with Crippen LogP contribution in [0.5, 0.6) is 5.75 Å². The fraction of sp³-hybridized carbons (Fsp3) is 0.176. The molecule has 3 aromatic rings. The Balaban J connectivity index is 1.91. The predicted octanol–water partition coefficient (Wildman–Crippen LogP) is 3.67. The van der Waals surface area contributed by atoms with E-state index < -0.39 is 10.0 Å². The molecular formula is C17H14Cl2N2O3S. The molecule has 0 spiro atoms. The number of hydrogen-bond donors (Lipinski definition) is 1. The Bertz CT molecular complexity index is 1080. The number of ether oxygens (including phenoxy) is 1. The number of nitrogens with one attached hydrogen (secondary N) is 1. The minimum Gasteiger partial charge on any atom is -0.492 e. The first-order valence-electron chi connectivity index (χ1n) is 7.65. The van der Waals surface area contributed by atoms with Gasteiger partial charge in [-0.1, -0.05) is 23.2 Å². The molecule has 1 N–H and O–H groups in total. The maximum Gasteiger partial charge on any atom is 0.269 e. The van der Waals surface area contributed by atoms with Gasteiger partial charge in [0, 0.05) is 35.3 Å². The van der Waals surface area contributed by atoms with Gasteiger partial charge in [-0.15, -0.1) is 0 Å². The number of fused-ring (bicyclic) bond motifs is 3. The Morgan fingerprint density at radius 3 is 2.76 bits per heavy atom. The Hall–Kier alpha value is -1.73. The van der Waals surface area contributed by atoms with Crippen LogP contribution in [-0.2, 0) is 16.6 Å². The summed E-state index contributed by atoms with van der Waals surface area (Å²) in [5.74, 6) is 0.775. The van der Waals surface area contributed by atoms with Crippen LogP contribution >= 0.6 is 23.2 Å². The Morgan fingerprint density at radius 1 is 1.12 bits per heavy atom. The molecule has 1 aliphatic heterocycles. The quantitative estimate of drug-likeness (QED) is 0.717. The first-order valence-corrected chi connectivity index (χ1v) is 9.85. The zero-order valence-corrected chi connectivity index (χ0v) is 15.3. The second-order valence-corrected chi connectivity index (χ2v) is 8.32. The van der Waals surface area contributed by atoms with Crippen LogP contribution in [0.1, 0.15) is 5.56 Å². The van der Waals surface area contributed by atoms with Crippen molar-refractivity contribution in [3.63, 3.8) is 0 Å². The van der Waals surface area contributed by atoms with Crippen molar-refractivity contribution >= 4 is 44.1 Å². The summed E-state index contributed by atoms with van der Waals surface area (Å²) >= 11 is 12.0. The number of aromatic nitrogens is 1. The first kappa shape index (κ1) is 16.7. The molecule has 2 heterocycles. The first-order chi connectivity index (χ1) is 12.0. The summed E-state index contributed by atoms with van der Waals surface area (Å²) < 4.78 is 33.1. The highest BCUT2D eigenvalue weighted by Crippen LogP contribution is 2.33. The van der Waals surface area contributed by atoms with Gasteiger partial charge in [-0.3, -0.25) is 0 Å². The van der Waals surface area contributed by atoms with Gasteiger partial charge in [0.2, 0.25) is 0 Å². The molecule has 25 heavy (non-hydrogen) atoms. The Labute approximate surface area is 155 Å². The summed E-state index contributed by atoms with van der Waals surface area (Å²) in [5, 5.41) is 4.58. The van der Waals surface area contributed by atoms with Crippen LogP contribution in [0, 0.1) is 0 Å². The third-order valence-electron chi connectivity index (χ3n) is 4.17. The van der Waals surface area contributed by atoms with Crippen molar-refractivity contribution < 1.29 is 13.2 Å². The molecule has 8 heteroatoms. The molecule has 1 aliphatic rings. The topological polar surface area (TPSA) is 60.3 Å². The summed E-state index contributed by atoms with van der Waals surface area (Å²) in [5.41, 5.74) is 1.53. The molecule has 0 amide bonds. The van der Waals surface area contributed by atoms with Crippen LogP contribution in [0.3, 0.4) is 0 Å². The number of hydrogen-bond acceptors (Lipinski definition) is 4. The van der Waals surface area contributed by atoms with Crippen molar-refractivity contribution in [2.75, 3.05) is 13.2 Å². The molecule has 0 saturated carbocycles. The Morgan fingerprint density at radius 2 is 1.96 bits per heavy atom. The molecule has 0 aliphatic carbocycles. The molecule has 0 bridgehead atoms. The molecule has 1 aromatic heterocycles. The van der Waals surface area contributed by atoms with Crippen molar-refractivity contribution in [3.8, 4) is 5.75 Å². The maximum absolute atomic E-state index is 13.1. The number of halogens is 2. The van der Waals surface area contributed by atoms with Crippen molar-refractivity contribution in [2.45, 2.75) is 11.4 Å². The second-order valence-electron chi connectivity index (χ2n) is 5.69. The number of rotatable bonds is 2. The lowest BCUT2D eigenvalue weighted by Crippen LogP contribution is -2.16. The number of benzene rings is 2. The fourth-order valence-corrected chi connectivity index (χ4v) is 5.09. The summed E-state index contributed by atoms with van der Waals surface area (Å²) in [6, 6.07) is 9.69. The fourth-order valence-electron chi connectivity index (χ4n) is 3.00. The van der Waals surface area contributed by atoms with E-state index in [-0.39, 0.29) is 9.92 Å². The van der Waals surface area contributed by atoms with Gasteiger partial charge in [-0.05, 0) is 36.4 Å². The van der Waals surface area contributed by atoms with E-state index in [1.807, 2.05) is 0 Å².